The molecule has 2 amide bonds. The van der Waals surface area contributed by atoms with Gasteiger partial charge in [0.2, 0.25) is 11.8 Å². The molecular formula is C27H43N5O2. The van der Waals surface area contributed by atoms with Gasteiger partial charge in [0.1, 0.15) is 0 Å². The first-order valence-corrected chi connectivity index (χ1v) is 13.3. The molecule has 7 nitrogen and oxygen atoms in total. The summed E-state index contributed by atoms with van der Waals surface area (Å²) in [7, 11) is 0. The number of nitrogens with zero attached hydrogens (tertiary/aromatic N) is 4. The van der Waals surface area contributed by atoms with Crippen molar-refractivity contribution in [1.82, 2.24) is 14.7 Å². The number of rotatable bonds is 6. The van der Waals surface area contributed by atoms with Crippen LogP contribution in [0.3, 0.4) is 0 Å². The quantitative estimate of drug-likeness (QED) is 0.694. The van der Waals surface area contributed by atoms with E-state index in [0.717, 1.165) is 58.0 Å². The molecule has 3 saturated heterocycles. The van der Waals surface area contributed by atoms with E-state index < -0.39 is 0 Å². The van der Waals surface area contributed by atoms with Gasteiger partial charge in [0.05, 0.1) is 13.1 Å². The van der Waals surface area contributed by atoms with E-state index in [1.165, 1.54) is 37.8 Å². The number of nitrogens with one attached hydrogen (secondary N) is 1. The van der Waals surface area contributed by atoms with Crippen LogP contribution < -0.4 is 10.2 Å². The molecule has 1 aromatic carbocycles. The molecule has 0 spiro atoms. The molecule has 0 radical (unpaired) electrons. The minimum Gasteiger partial charge on any atom is -0.372 e. The van der Waals surface area contributed by atoms with Crippen LogP contribution in [0.4, 0.5) is 11.4 Å². The Morgan fingerprint density at radius 3 is 1.94 bits per heavy atom. The monoisotopic (exact) mass is 469 g/mol. The minimum atomic E-state index is 0.0309. The molecule has 1 N–H and O–H groups in total. The standard InChI is InChI=1S/C27H43N5O2/c1-22-17-23(2)19-32(18-22)27(34)21-30-15-13-29(14-16-30)20-26(33)28-24-7-9-25(10-8-24)31-11-5-3-4-6-12-31/h7-10,22-23H,3-6,11-21H2,1-2H3,(H,28,33)/t22-,23-/m1/s1. The van der Waals surface area contributed by atoms with Crippen molar-refractivity contribution in [3.63, 3.8) is 0 Å². The number of amides is 2. The molecule has 3 heterocycles. The maximum Gasteiger partial charge on any atom is 0.238 e. The highest BCUT2D eigenvalue weighted by Crippen LogP contribution is 2.22. The Labute approximate surface area is 205 Å². The Balaban J connectivity index is 1.17. The molecule has 0 unspecified atom stereocenters. The molecule has 0 bridgehead atoms. The van der Waals surface area contributed by atoms with Gasteiger partial charge >= 0.3 is 0 Å². The molecule has 3 aliphatic heterocycles. The second kappa shape index (κ2) is 12.0. The Morgan fingerprint density at radius 1 is 0.794 bits per heavy atom. The van der Waals surface area contributed by atoms with E-state index in [2.05, 4.69) is 50.9 Å². The van der Waals surface area contributed by atoms with Gasteiger partial charge in [0, 0.05) is 63.7 Å². The average Bonchev–Trinajstić information content (AvgIpc) is 3.10. The van der Waals surface area contributed by atoms with E-state index >= 15 is 0 Å². The highest BCUT2D eigenvalue weighted by molar-refractivity contribution is 5.92. The van der Waals surface area contributed by atoms with Crippen molar-refractivity contribution in [2.24, 2.45) is 11.8 Å². The zero-order valence-corrected chi connectivity index (χ0v) is 21.2. The van der Waals surface area contributed by atoms with Crippen molar-refractivity contribution in [2.45, 2.75) is 46.0 Å². The van der Waals surface area contributed by atoms with E-state index in [4.69, 9.17) is 0 Å². The molecule has 34 heavy (non-hydrogen) atoms. The van der Waals surface area contributed by atoms with Crippen molar-refractivity contribution in [1.29, 1.82) is 0 Å². The number of benzene rings is 1. The fourth-order valence-corrected chi connectivity index (χ4v) is 5.75. The van der Waals surface area contributed by atoms with Crippen molar-refractivity contribution in [3.05, 3.63) is 24.3 Å². The summed E-state index contributed by atoms with van der Waals surface area (Å²) in [5, 5.41) is 3.05. The summed E-state index contributed by atoms with van der Waals surface area (Å²) in [4.78, 5) is 34.3. The summed E-state index contributed by atoms with van der Waals surface area (Å²) in [6.07, 6.45) is 6.39. The highest BCUT2D eigenvalue weighted by Gasteiger charge is 2.27. The number of likely N-dealkylation sites (tertiary alicyclic amines) is 1. The zero-order chi connectivity index (χ0) is 23.9. The van der Waals surface area contributed by atoms with Crippen LogP contribution in [0.5, 0.6) is 0 Å². The van der Waals surface area contributed by atoms with Crippen LogP contribution in [-0.2, 0) is 9.59 Å². The van der Waals surface area contributed by atoms with Crippen LogP contribution in [-0.4, -0.2) is 92.0 Å². The fourth-order valence-electron chi connectivity index (χ4n) is 5.75. The van der Waals surface area contributed by atoms with Crippen LogP contribution in [0.2, 0.25) is 0 Å². The van der Waals surface area contributed by atoms with Gasteiger partial charge in [-0.15, -0.1) is 0 Å². The van der Waals surface area contributed by atoms with Crippen LogP contribution in [0, 0.1) is 11.8 Å². The van der Waals surface area contributed by atoms with E-state index in [1.807, 2.05) is 12.1 Å². The Kier molecular flexibility index (Phi) is 8.84. The van der Waals surface area contributed by atoms with Crippen LogP contribution >= 0.6 is 0 Å². The fraction of sp³-hybridized carbons (Fsp3) is 0.704. The molecule has 0 saturated carbocycles. The second-order valence-corrected chi connectivity index (χ2v) is 10.8. The Morgan fingerprint density at radius 2 is 1.35 bits per heavy atom. The van der Waals surface area contributed by atoms with Crippen LogP contribution in [0.15, 0.2) is 24.3 Å². The van der Waals surface area contributed by atoms with E-state index in [0.29, 0.717) is 24.9 Å². The first-order valence-electron chi connectivity index (χ1n) is 13.3. The number of piperidine rings is 1. The molecule has 2 atom stereocenters. The molecule has 4 rings (SSSR count). The predicted octanol–water partition coefficient (Wildman–Crippen LogP) is 3.13. The SMILES string of the molecule is C[C@@H]1C[C@@H](C)CN(C(=O)CN2CCN(CC(=O)Nc3ccc(N4CCCCCC4)cc3)CC2)C1. The van der Waals surface area contributed by atoms with Gasteiger partial charge in [-0.05, 0) is 55.4 Å². The highest BCUT2D eigenvalue weighted by atomic mass is 16.2. The van der Waals surface area contributed by atoms with Gasteiger partial charge in [0.15, 0.2) is 0 Å². The van der Waals surface area contributed by atoms with Gasteiger partial charge in [-0.2, -0.15) is 0 Å². The molecule has 3 fully saturated rings. The Bertz CT molecular complexity index is 788. The summed E-state index contributed by atoms with van der Waals surface area (Å²) in [6, 6.07) is 8.29. The smallest absolute Gasteiger partial charge is 0.238 e. The van der Waals surface area contributed by atoms with Crippen molar-refractivity contribution in [2.75, 3.05) is 75.7 Å². The van der Waals surface area contributed by atoms with E-state index in [1.54, 1.807) is 0 Å². The number of piperazine rings is 1. The van der Waals surface area contributed by atoms with Gasteiger partial charge in [-0.3, -0.25) is 19.4 Å². The van der Waals surface area contributed by atoms with Crippen LogP contribution in [0.1, 0.15) is 46.0 Å². The minimum absolute atomic E-state index is 0.0309. The third kappa shape index (κ3) is 7.19. The molecule has 0 aromatic heterocycles. The second-order valence-electron chi connectivity index (χ2n) is 10.8. The normalized spacial score (nSPS) is 25.1. The third-order valence-electron chi connectivity index (χ3n) is 7.53. The molecule has 188 valence electrons. The molecule has 1 aromatic rings. The molecule has 7 heteroatoms. The van der Waals surface area contributed by atoms with Crippen molar-refractivity contribution < 1.29 is 9.59 Å². The third-order valence-corrected chi connectivity index (χ3v) is 7.53. The Hall–Kier alpha value is -2.12. The maximum atomic E-state index is 12.8. The number of carbonyl (C=O) groups excluding carboxylic acids is 2. The summed E-state index contributed by atoms with van der Waals surface area (Å²) in [5.74, 6) is 1.47. The number of anilines is 2. The predicted molar refractivity (Wildman–Crippen MR) is 138 cm³/mol. The van der Waals surface area contributed by atoms with Gasteiger partial charge in [-0.1, -0.05) is 26.7 Å². The van der Waals surface area contributed by atoms with E-state index in [-0.39, 0.29) is 11.8 Å². The summed E-state index contributed by atoms with van der Waals surface area (Å²) < 4.78 is 0. The lowest BCUT2D eigenvalue weighted by Gasteiger charge is -2.38. The lowest BCUT2D eigenvalue weighted by atomic mass is 9.92. The molecule has 0 aliphatic carbocycles. The number of hydrogen-bond donors (Lipinski definition) is 1. The van der Waals surface area contributed by atoms with Crippen LogP contribution in [0.25, 0.3) is 0 Å². The number of hydrogen-bond acceptors (Lipinski definition) is 5. The molecular weight excluding hydrogens is 426 g/mol. The summed E-state index contributed by atoms with van der Waals surface area (Å²) in [5.41, 5.74) is 2.11. The van der Waals surface area contributed by atoms with Crippen molar-refractivity contribution >= 4 is 23.2 Å². The first-order chi connectivity index (χ1) is 16.5. The van der Waals surface area contributed by atoms with E-state index in [9.17, 15) is 9.59 Å². The lowest BCUT2D eigenvalue weighted by molar-refractivity contribution is -0.135. The number of carbonyl (C=O) groups is 2. The van der Waals surface area contributed by atoms with Gasteiger partial charge in [-0.25, -0.2) is 0 Å². The van der Waals surface area contributed by atoms with Crippen molar-refractivity contribution in [3.8, 4) is 0 Å². The lowest BCUT2D eigenvalue weighted by Crippen LogP contribution is -2.52. The largest absolute Gasteiger partial charge is 0.372 e. The van der Waals surface area contributed by atoms with Gasteiger partial charge < -0.3 is 15.1 Å². The topological polar surface area (TPSA) is 59.1 Å². The average molecular weight is 470 g/mol. The first kappa shape index (κ1) is 25.0. The maximum absolute atomic E-state index is 12.8. The molecule has 3 aliphatic rings. The van der Waals surface area contributed by atoms with Gasteiger partial charge in [0.25, 0.3) is 0 Å². The summed E-state index contributed by atoms with van der Waals surface area (Å²) >= 11 is 0. The summed E-state index contributed by atoms with van der Waals surface area (Å²) in [6.45, 7) is 12.7. The zero-order valence-electron chi connectivity index (χ0n) is 21.2.